The van der Waals surface area contributed by atoms with Gasteiger partial charge in [-0.2, -0.15) is 5.10 Å². The van der Waals surface area contributed by atoms with Crippen LogP contribution in [0.5, 0.6) is 0 Å². The Morgan fingerprint density at radius 3 is 2.68 bits per heavy atom. The molecule has 0 atom stereocenters. The van der Waals surface area contributed by atoms with Crippen LogP contribution in [-0.2, 0) is 6.54 Å². The minimum atomic E-state index is 0.526. The van der Waals surface area contributed by atoms with Gasteiger partial charge in [0.15, 0.2) is 5.82 Å². The van der Waals surface area contributed by atoms with E-state index >= 15 is 0 Å². The van der Waals surface area contributed by atoms with Crippen LogP contribution in [0.15, 0.2) is 36.4 Å². The van der Waals surface area contributed by atoms with Crippen LogP contribution < -0.4 is 4.90 Å². The molecular formula is C19H22N6. The van der Waals surface area contributed by atoms with Gasteiger partial charge in [0, 0.05) is 25.0 Å². The van der Waals surface area contributed by atoms with Crippen LogP contribution in [0.1, 0.15) is 30.3 Å². The number of nitrogens with one attached hydrogen (secondary N) is 1. The molecule has 1 N–H and O–H groups in total. The third kappa shape index (κ3) is 2.87. The quantitative estimate of drug-likeness (QED) is 0.777. The summed E-state index contributed by atoms with van der Waals surface area (Å²) in [5, 5.41) is 8.79. The van der Waals surface area contributed by atoms with Crippen molar-refractivity contribution in [3.8, 4) is 0 Å². The first-order chi connectivity index (χ1) is 12.3. The Hall–Kier alpha value is -2.47. The van der Waals surface area contributed by atoms with Gasteiger partial charge in [0.25, 0.3) is 0 Å². The highest BCUT2D eigenvalue weighted by Crippen LogP contribution is 2.38. The molecule has 1 aromatic carbocycles. The average Bonchev–Trinajstić information content (AvgIpc) is 3.34. The SMILES string of the molecule is CN(Cc1nc2ccccc2[nH]1)C1CN(c2ccc(C3CC3)nn2)C1. The molecule has 6 nitrogen and oxygen atoms in total. The standard InChI is InChI=1S/C19H22N6/c1-24(12-18-20-16-4-2-3-5-17(16)21-18)14-10-25(11-14)19-9-8-15(22-23-19)13-6-7-13/h2-5,8-9,13-14H,6-7,10-12H2,1H3,(H,20,21). The first-order valence-corrected chi connectivity index (χ1v) is 8.99. The smallest absolute Gasteiger partial charge is 0.151 e. The topological polar surface area (TPSA) is 60.9 Å². The molecule has 5 rings (SSSR count). The monoisotopic (exact) mass is 334 g/mol. The molecule has 2 aliphatic rings. The van der Waals surface area contributed by atoms with E-state index in [4.69, 9.17) is 0 Å². The first kappa shape index (κ1) is 14.8. The van der Waals surface area contributed by atoms with Crippen LogP contribution in [0, 0.1) is 0 Å². The van der Waals surface area contributed by atoms with Crippen LogP contribution in [0.2, 0.25) is 0 Å². The molecule has 2 fully saturated rings. The fourth-order valence-corrected chi connectivity index (χ4v) is 3.47. The number of imidazole rings is 1. The minimum Gasteiger partial charge on any atom is -0.352 e. The van der Waals surface area contributed by atoms with Gasteiger partial charge in [-0.25, -0.2) is 4.98 Å². The highest BCUT2D eigenvalue weighted by molar-refractivity contribution is 5.74. The number of aromatic amines is 1. The third-order valence-electron chi connectivity index (χ3n) is 5.31. The van der Waals surface area contributed by atoms with Crippen molar-refractivity contribution in [2.24, 2.45) is 0 Å². The predicted molar refractivity (Wildman–Crippen MR) is 97.6 cm³/mol. The van der Waals surface area contributed by atoms with E-state index in [9.17, 15) is 0 Å². The van der Waals surface area contributed by atoms with Gasteiger partial charge in [-0.05, 0) is 44.2 Å². The lowest BCUT2D eigenvalue weighted by Crippen LogP contribution is -2.58. The molecule has 1 saturated carbocycles. The lowest BCUT2D eigenvalue weighted by molar-refractivity contribution is 0.193. The van der Waals surface area contributed by atoms with E-state index in [1.807, 2.05) is 18.2 Å². The van der Waals surface area contributed by atoms with Crippen molar-refractivity contribution < 1.29 is 0 Å². The van der Waals surface area contributed by atoms with Gasteiger partial charge in [-0.3, -0.25) is 4.90 Å². The molecule has 0 radical (unpaired) electrons. The summed E-state index contributed by atoms with van der Waals surface area (Å²) < 4.78 is 0. The molecule has 1 aliphatic carbocycles. The maximum absolute atomic E-state index is 4.67. The highest BCUT2D eigenvalue weighted by Gasteiger charge is 2.32. The Bertz CT molecular complexity index is 843. The molecule has 1 aliphatic heterocycles. The number of nitrogens with zero attached hydrogens (tertiary/aromatic N) is 5. The number of rotatable bonds is 5. The van der Waals surface area contributed by atoms with Gasteiger partial charge >= 0.3 is 0 Å². The van der Waals surface area contributed by atoms with Crippen LogP contribution in [0.3, 0.4) is 0 Å². The summed E-state index contributed by atoms with van der Waals surface area (Å²) in [4.78, 5) is 12.7. The van der Waals surface area contributed by atoms with Gasteiger partial charge < -0.3 is 9.88 Å². The van der Waals surface area contributed by atoms with Crippen LogP contribution in [-0.4, -0.2) is 51.2 Å². The summed E-state index contributed by atoms with van der Waals surface area (Å²) in [5.41, 5.74) is 3.29. The number of H-pyrrole nitrogens is 1. The fourth-order valence-electron chi connectivity index (χ4n) is 3.47. The van der Waals surface area contributed by atoms with Crippen LogP contribution in [0.25, 0.3) is 11.0 Å². The number of anilines is 1. The molecular weight excluding hydrogens is 312 g/mol. The van der Waals surface area contributed by atoms with Crippen molar-refractivity contribution >= 4 is 16.9 Å². The molecule has 0 unspecified atom stereocenters. The molecule has 3 heterocycles. The summed E-state index contributed by atoms with van der Waals surface area (Å²) in [7, 11) is 2.16. The number of hydrogen-bond acceptors (Lipinski definition) is 5. The fraction of sp³-hybridized carbons (Fsp3) is 0.421. The summed E-state index contributed by atoms with van der Waals surface area (Å²) in [6, 6.07) is 13.0. The normalized spacial score (nSPS) is 18.1. The number of likely N-dealkylation sites (N-methyl/N-ethyl adjacent to an activating group) is 1. The number of fused-ring (bicyclic) bond motifs is 1. The Labute approximate surface area is 146 Å². The van der Waals surface area contributed by atoms with Gasteiger partial charge in [0.05, 0.1) is 23.3 Å². The summed E-state index contributed by atoms with van der Waals surface area (Å²) in [6.07, 6.45) is 2.54. The molecule has 0 spiro atoms. The van der Waals surface area contributed by atoms with Crippen molar-refractivity contribution in [3.63, 3.8) is 0 Å². The van der Waals surface area contributed by atoms with Gasteiger partial charge in [0.1, 0.15) is 5.82 Å². The number of aromatic nitrogens is 4. The second-order valence-corrected chi connectivity index (χ2v) is 7.27. The third-order valence-corrected chi connectivity index (χ3v) is 5.31. The van der Waals surface area contributed by atoms with Crippen molar-refractivity contribution in [3.05, 3.63) is 47.9 Å². The second-order valence-electron chi connectivity index (χ2n) is 7.27. The molecule has 0 bridgehead atoms. The summed E-state index contributed by atoms with van der Waals surface area (Å²) >= 11 is 0. The van der Waals surface area contributed by atoms with Crippen molar-refractivity contribution in [2.75, 3.05) is 25.0 Å². The number of para-hydroxylation sites is 2. The lowest BCUT2D eigenvalue weighted by atomic mass is 10.1. The Kier molecular flexibility index (Phi) is 3.45. The maximum atomic E-state index is 4.67. The Morgan fingerprint density at radius 1 is 1.12 bits per heavy atom. The van der Waals surface area contributed by atoms with Crippen molar-refractivity contribution in [1.82, 2.24) is 25.1 Å². The van der Waals surface area contributed by atoms with E-state index in [0.717, 1.165) is 48.0 Å². The average molecular weight is 334 g/mol. The molecule has 1 saturated heterocycles. The van der Waals surface area contributed by atoms with Gasteiger partial charge in [-0.1, -0.05) is 12.1 Å². The molecule has 6 heteroatoms. The highest BCUT2D eigenvalue weighted by atomic mass is 15.4. The lowest BCUT2D eigenvalue weighted by Gasteiger charge is -2.44. The van der Waals surface area contributed by atoms with E-state index in [2.05, 4.69) is 55.2 Å². The Balaban J connectivity index is 1.19. The van der Waals surface area contributed by atoms with Crippen molar-refractivity contribution in [2.45, 2.75) is 31.3 Å². The molecule has 3 aromatic rings. The van der Waals surface area contributed by atoms with E-state index in [0.29, 0.717) is 12.0 Å². The van der Waals surface area contributed by atoms with E-state index < -0.39 is 0 Å². The van der Waals surface area contributed by atoms with E-state index in [1.165, 1.54) is 12.8 Å². The second kappa shape index (κ2) is 5.81. The Morgan fingerprint density at radius 2 is 1.96 bits per heavy atom. The zero-order valence-electron chi connectivity index (χ0n) is 14.4. The molecule has 128 valence electrons. The van der Waals surface area contributed by atoms with Crippen molar-refractivity contribution in [1.29, 1.82) is 0 Å². The zero-order chi connectivity index (χ0) is 16.8. The summed E-state index contributed by atoms with van der Waals surface area (Å²) in [6.45, 7) is 2.82. The molecule has 25 heavy (non-hydrogen) atoms. The minimum absolute atomic E-state index is 0.526. The van der Waals surface area contributed by atoms with Gasteiger partial charge in [0.2, 0.25) is 0 Å². The number of benzene rings is 1. The van der Waals surface area contributed by atoms with Crippen LogP contribution in [0.4, 0.5) is 5.82 Å². The largest absolute Gasteiger partial charge is 0.352 e. The van der Waals surface area contributed by atoms with E-state index in [1.54, 1.807) is 0 Å². The zero-order valence-corrected chi connectivity index (χ0v) is 14.4. The molecule has 0 amide bonds. The van der Waals surface area contributed by atoms with E-state index in [-0.39, 0.29) is 0 Å². The maximum Gasteiger partial charge on any atom is 0.151 e. The number of hydrogen-bond donors (Lipinski definition) is 1. The van der Waals surface area contributed by atoms with Crippen LogP contribution >= 0.6 is 0 Å². The summed E-state index contributed by atoms with van der Waals surface area (Å²) in [5.74, 6) is 2.69. The first-order valence-electron chi connectivity index (χ1n) is 8.99. The predicted octanol–water partition coefficient (Wildman–Crippen LogP) is 2.55. The van der Waals surface area contributed by atoms with Gasteiger partial charge in [-0.15, -0.1) is 5.10 Å². The molecule has 2 aromatic heterocycles.